The molecule has 0 amide bonds. The van der Waals surface area contributed by atoms with Crippen molar-refractivity contribution in [3.05, 3.63) is 88.9 Å². The van der Waals surface area contributed by atoms with E-state index in [1.165, 1.54) is 13.0 Å². The predicted octanol–water partition coefficient (Wildman–Crippen LogP) is 9.85. The first-order chi connectivity index (χ1) is 21.8. The van der Waals surface area contributed by atoms with E-state index in [0.717, 1.165) is 0 Å². The van der Waals surface area contributed by atoms with Crippen LogP contribution in [0.4, 0.5) is 0 Å². The summed E-state index contributed by atoms with van der Waals surface area (Å²) in [6, 6.07) is 20.1. The standard InChI is InChI=1S/C18H21ClNO5P.C6H4Cl3O2P.C6H13NO2.ClH/c1-13(2)23-18(21)14(3)20-26(22,24-15-9-5-4-6-10-15)25-17-12-8-7-11-16(17)19;7-5-3-1-2-4-6(5)11-12(8,9)10;1-4(2)9-6(8)5(3)7;/h4-14H,1-3H3,(H,20,22);1-4H;4-5H,7H2,1-3H3;1H/t14-,26?;;5-;/m0.0./s1. The molecule has 18 heteroatoms. The van der Waals surface area contributed by atoms with E-state index in [-0.39, 0.29) is 47.1 Å². The lowest BCUT2D eigenvalue weighted by molar-refractivity contribution is -0.149. The molecule has 0 saturated heterocycles. The third-order valence-electron chi connectivity index (χ3n) is 4.85. The molecule has 0 radical (unpaired) electrons. The number of hydrogen-bond acceptors (Lipinski definition) is 10. The SMILES string of the molecule is CC(C)OC(=O)[C@H](C)N.CC(C)OC(=O)[C@H](C)NP(=O)(Oc1ccccc1)Oc1ccccc1Cl.Cl.O=P(Cl)(Cl)Oc1ccccc1Cl. The Morgan fingerprint density at radius 2 is 1.08 bits per heavy atom. The molecule has 0 aliphatic carbocycles. The molecule has 0 bridgehead atoms. The van der Waals surface area contributed by atoms with Crippen molar-refractivity contribution >= 4 is 83.8 Å². The Morgan fingerprint density at radius 3 is 1.48 bits per heavy atom. The zero-order valence-electron chi connectivity index (χ0n) is 26.9. The maximum atomic E-state index is 13.3. The van der Waals surface area contributed by atoms with Gasteiger partial charge in [-0.3, -0.25) is 9.59 Å². The summed E-state index contributed by atoms with van der Waals surface area (Å²) in [6.45, 7) is 10.2. The van der Waals surface area contributed by atoms with Crippen LogP contribution in [0.5, 0.6) is 17.2 Å². The van der Waals surface area contributed by atoms with E-state index in [4.69, 9.17) is 69.9 Å². The lowest BCUT2D eigenvalue weighted by Gasteiger charge is -2.23. The van der Waals surface area contributed by atoms with Crippen molar-refractivity contribution in [2.45, 2.75) is 65.8 Å². The first-order valence-corrected chi connectivity index (χ1v) is 19.7. The van der Waals surface area contributed by atoms with Crippen molar-refractivity contribution in [2.75, 3.05) is 0 Å². The van der Waals surface area contributed by atoms with E-state index in [1.807, 2.05) is 0 Å². The topological polar surface area (TPSA) is 152 Å². The van der Waals surface area contributed by atoms with Crippen LogP contribution in [-0.4, -0.2) is 36.2 Å². The molecule has 0 spiro atoms. The van der Waals surface area contributed by atoms with Gasteiger partial charge in [-0.05, 0) is 77.9 Å². The number of nitrogens with one attached hydrogen (secondary N) is 1. The van der Waals surface area contributed by atoms with Gasteiger partial charge < -0.3 is 28.8 Å². The fraction of sp³-hybridized carbons (Fsp3) is 0.333. The number of carbonyl (C=O) groups is 2. The molecule has 3 aromatic rings. The maximum Gasteiger partial charge on any atom is 0.513 e. The second-order valence-electron chi connectivity index (χ2n) is 9.97. The monoisotopic (exact) mass is 808 g/mol. The first-order valence-electron chi connectivity index (χ1n) is 14.0. The molecular formula is C30H39Cl5N2O9P2. The average molecular weight is 811 g/mol. The highest BCUT2D eigenvalue weighted by atomic mass is 35.9. The van der Waals surface area contributed by atoms with Gasteiger partial charge in [-0.2, -0.15) is 5.09 Å². The lowest BCUT2D eigenvalue weighted by Crippen LogP contribution is -2.36. The molecule has 0 fully saturated rings. The molecule has 0 aliphatic rings. The van der Waals surface area contributed by atoms with Gasteiger partial charge in [0, 0.05) is 22.5 Å². The van der Waals surface area contributed by atoms with Crippen LogP contribution in [0.15, 0.2) is 78.9 Å². The van der Waals surface area contributed by atoms with E-state index >= 15 is 0 Å². The summed E-state index contributed by atoms with van der Waals surface area (Å²) in [6.07, 6.45) is -3.92. The molecule has 3 aromatic carbocycles. The van der Waals surface area contributed by atoms with E-state index < -0.39 is 31.9 Å². The Hall–Kier alpha value is -2.17. The molecule has 3 rings (SSSR count). The second-order valence-corrected chi connectivity index (χ2v) is 16.6. The predicted molar refractivity (Wildman–Crippen MR) is 194 cm³/mol. The number of rotatable bonds is 12. The van der Waals surface area contributed by atoms with E-state index in [2.05, 4.69) is 9.61 Å². The van der Waals surface area contributed by atoms with Crippen molar-refractivity contribution in [2.24, 2.45) is 5.73 Å². The van der Waals surface area contributed by atoms with Gasteiger partial charge in [-0.15, -0.1) is 12.4 Å². The molecular weight excluding hydrogens is 772 g/mol. The smallest absolute Gasteiger partial charge is 0.462 e. The minimum absolute atomic E-state index is 0. The molecule has 3 N–H and O–H groups in total. The zero-order valence-corrected chi connectivity index (χ0v) is 32.5. The summed E-state index contributed by atoms with van der Waals surface area (Å²) in [4.78, 5) is 22.7. The molecule has 0 heterocycles. The lowest BCUT2D eigenvalue weighted by atomic mass is 10.3. The summed E-state index contributed by atoms with van der Waals surface area (Å²) in [7, 11) is -3.98. The third kappa shape index (κ3) is 19.7. The number of halogens is 5. The van der Waals surface area contributed by atoms with Crippen molar-refractivity contribution in [1.29, 1.82) is 0 Å². The van der Waals surface area contributed by atoms with Crippen LogP contribution in [0.1, 0.15) is 41.5 Å². The number of benzene rings is 3. The molecule has 3 atom stereocenters. The molecule has 0 aromatic heterocycles. The number of hydrogen-bond donors (Lipinski definition) is 2. The Labute approximate surface area is 307 Å². The van der Waals surface area contributed by atoms with Crippen molar-refractivity contribution < 1.29 is 41.8 Å². The van der Waals surface area contributed by atoms with Crippen molar-refractivity contribution in [1.82, 2.24) is 5.09 Å². The van der Waals surface area contributed by atoms with Crippen molar-refractivity contribution in [3.8, 4) is 17.2 Å². The summed E-state index contributed by atoms with van der Waals surface area (Å²) >= 11 is 22.1. The van der Waals surface area contributed by atoms with Crippen LogP contribution >= 0.6 is 71.9 Å². The van der Waals surface area contributed by atoms with Gasteiger partial charge in [0.25, 0.3) is 0 Å². The van der Waals surface area contributed by atoms with E-state index in [0.29, 0.717) is 10.8 Å². The molecule has 1 unspecified atom stereocenters. The van der Waals surface area contributed by atoms with Crippen LogP contribution in [0, 0.1) is 0 Å². The summed E-state index contributed by atoms with van der Waals surface area (Å²) in [5.74, 6) is -0.206. The van der Waals surface area contributed by atoms with E-state index in [9.17, 15) is 18.7 Å². The third-order valence-corrected chi connectivity index (χ3v) is 7.89. The van der Waals surface area contributed by atoms with Crippen LogP contribution in [-0.2, 0) is 28.2 Å². The van der Waals surface area contributed by atoms with Crippen LogP contribution in [0.2, 0.25) is 10.0 Å². The average Bonchev–Trinajstić information content (AvgIpc) is 2.95. The highest BCUT2D eigenvalue weighted by molar-refractivity contribution is 8.05. The Bertz CT molecular complexity index is 1510. The van der Waals surface area contributed by atoms with Gasteiger partial charge >= 0.3 is 25.8 Å². The van der Waals surface area contributed by atoms with Gasteiger partial charge in [-0.25, -0.2) is 9.13 Å². The Kier molecular flexibility index (Phi) is 21.5. The number of esters is 2. The minimum Gasteiger partial charge on any atom is -0.462 e. The maximum absolute atomic E-state index is 13.3. The fourth-order valence-electron chi connectivity index (χ4n) is 2.94. The van der Waals surface area contributed by atoms with E-state index in [1.54, 1.807) is 107 Å². The quantitative estimate of drug-likeness (QED) is 0.133. The number of para-hydroxylation sites is 3. The number of nitrogens with two attached hydrogens (primary N) is 1. The van der Waals surface area contributed by atoms with Gasteiger partial charge in [-0.1, -0.05) is 65.7 Å². The molecule has 268 valence electrons. The Morgan fingerprint density at radius 1 is 0.667 bits per heavy atom. The van der Waals surface area contributed by atoms with Crippen LogP contribution in [0.3, 0.4) is 0 Å². The molecule has 0 aliphatic heterocycles. The highest BCUT2D eigenvalue weighted by Crippen LogP contribution is 2.57. The first kappa shape index (κ1) is 45.8. The minimum atomic E-state index is -3.98. The van der Waals surface area contributed by atoms with Crippen LogP contribution < -0.4 is 24.4 Å². The molecule has 11 nitrogen and oxygen atoms in total. The van der Waals surface area contributed by atoms with Gasteiger partial charge in [0.2, 0.25) is 0 Å². The van der Waals surface area contributed by atoms with Gasteiger partial charge in [0.1, 0.15) is 29.3 Å². The molecule has 48 heavy (non-hydrogen) atoms. The molecule has 0 saturated carbocycles. The normalized spacial score (nSPS) is 13.1. The van der Waals surface area contributed by atoms with Gasteiger partial charge in [0.05, 0.1) is 22.3 Å². The Balaban J connectivity index is 0.000000830. The summed E-state index contributed by atoms with van der Waals surface area (Å²) < 4.78 is 49.7. The largest absolute Gasteiger partial charge is 0.513 e. The summed E-state index contributed by atoms with van der Waals surface area (Å²) in [5, 5.41) is 3.19. The van der Waals surface area contributed by atoms with Gasteiger partial charge in [0.15, 0.2) is 0 Å². The summed E-state index contributed by atoms with van der Waals surface area (Å²) in [5.41, 5.74) is 5.21. The van der Waals surface area contributed by atoms with Crippen LogP contribution in [0.25, 0.3) is 0 Å². The highest BCUT2D eigenvalue weighted by Gasteiger charge is 2.34. The number of carbonyl (C=O) groups excluding carboxylic acids is 2. The zero-order chi connectivity index (χ0) is 35.8. The number of ether oxygens (including phenoxy) is 2. The second kappa shape index (κ2) is 22.5. The van der Waals surface area contributed by atoms with Crippen molar-refractivity contribution in [3.63, 3.8) is 0 Å². The fourth-order valence-corrected chi connectivity index (χ4v) is 5.77.